The highest BCUT2D eigenvalue weighted by atomic mass is 19.3. The number of urea groups is 1. The van der Waals surface area contributed by atoms with Crippen LogP contribution in [0.4, 0.5) is 28.0 Å². The lowest BCUT2D eigenvalue weighted by molar-refractivity contribution is -0.212. The van der Waals surface area contributed by atoms with E-state index in [0.717, 1.165) is 38.5 Å². The molecule has 2 amide bonds. The lowest BCUT2D eigenvalue weighted by Crippen LogP contribution is -2.54. The van der Waals surface area contributed by atoms with Crippen LogP contribution in [0.2, 0.25) is 0 Å². The predicted molar refractivity (Wildman–Crippen MR) is 181 cm³/mol. The van der Waals surface area contributed by atoms with Crippen molar-refractivity contribution >= 4 is 11.7 Å². The van der Waals surface area contributed by atoms with Crippen LogP contribution in [-0.4, -0.2) is 47.1 Å². The van der Waals surface area contributed by atoms with Gasteiger partial charge in [0.1, 0.15) is 11.6 Å². The van der Waals surface area contributed by atoms with E-state index in [0.29, 0.717) is 60.6 Å². The molecule has 1 heterocycles. The minimum Gasteiger partial charge on any atom is -0.491 e. The molecule has 0 unspecified atom stereocenters. The van der Waals surface area contributed by atoms with E-state index in [4.69, 9.17) is 14.0 Å². The molecule has 12 heteroatoms. The van der Waals surface area contributed by atoms with Gasteiger partial charge in [0, 0.05) is 29.3 Å². The Bertz CT molecular complexity index is 1620. The lowest BCUT2D eigenvalue weighted by Gasteiger charge is -2.53. The quantitative estimate of drug-likeness (QED) is 0.201. The summed E-state index contributed by atoms with van der Waals surface area (Å²) in [5.41, 5.74) is -1.59. The second-order valence-corrected chi connectivity index (χ2v) is 15.7. The topological polar surface area (TPSA) is 89.7 Å². The zero-order valence-electron chi connectivity index (χ0n) is 29.5. The SMILES string of the molecule is CC(C)Oc1ccc(-c2cc(N(CC34CCC(c5noc(C(C)(C)F)n5)(CC3)CC4)C(=O)NC3CCC(C)(OC(F)F)CC3)ccc2F)cc1. The maximum absolute atomic E-state index is 15.4. The molecule has 0 atom stereocenters. The van der Waals surface area contributed by atoms with E-state index in [1.807, 2.05) is 13.8 Å². The molecule has 8 nitrogen and oxygen atoms in total. The number of fused-ring (bicyclic) bond motifs is 3. The van der Waals surface area contributed by atoms with Crippen molar-refractivity contribution in [2.45, 2.75) is 134 Å². The molecule has 0 saturated heterocycles. The number of rotatable bonds is 11. The molecular formula is C38H48F4N4O4. The van der Waals surface area contributed by atoms with Gasteiger partial charge >= 0.3 is 12.6 Å². The summed E-state index contributed by atoms with van der Waals surface area (Å²) < 4.78 is 72.0. The van der Waals surface area contributed by atoms with Gasteiger partial charge in [0.15, 0.2) is 11.5 Å². The van der Waals surface area contributed by atoms with Gasteiger partial charge in [0.25, 0.3) is 5.89 Å². The number of ether oxygens (including phenoxy) is 2. The third kappa shape index (κ3) is 7.80. The Morgan fingerprint density at radius 1 is 1.02 bits per heavy atom. The van der Waals surface area contributed by atoms with E-state index in [2.05, 4.69) is 15.5 Å². The zero-order chi connectivity index (χ0) is 35.9. The van der Waals surface area contributed by atoms with Crippen LogP contribution in [0.15, 0.2) is 47.0 Å². The molecular weight excluding hydrogens is 652 g/mol. The number of benzene rings is 2. The first-order chi connectivity index (χ1) is 23.6. The highest BCUT2D eigenvalue weighted by molar-refractivity contribution is 5.93. The highest BCUT2D eigenvalue weighted by Crippen LogP contribution is 2.58. The summed E-state index contributed by atoms with van der Waals surface area (Å²) in [6.45, 7) is 5.91. The van der Waals surface area contributed by atoms with Gasteiger partial charge in [0.05, 0.1) is 11.7 Å². The van der Waals surface area contributed by atoms with Gasteiger partial charge in [-0.1, -0.05) is 17.3 Å². The largest absolute Gasteiger partial charge is 0.491 e. The minimum atomic E-state index is -2.85. The van der Waals surface area contributed by atoms with Gasteiger partial charge < -0.3 is 19.3 Å². The van der Waals surface area contributed by atoms with E-state index >= 15 is 4.39 Å². The van der Waals surface area contributed by atoms with E-state index in [1.54, 1.807) is 48.2 Å². The number of carbonyl (C=O) groups excluding carboxylic acids is 1. The monoisotopic (exact) mass is 700 g/mol. The number of hydrogen-bond acceptors (Lipinski definition) is 6. The molecule has 4 fully saturated rings. The fourth-order valence-electron chi connectivity index (χ4n) is 7.98. The summed E-state index contributed by atoms with van der Waals surface area (Å²) in [5.74, 6) is 0.796. The first kappa shape index (κ1) is 36.1. The van der Waals surface area contributed by atoms with Crippen molar-refractivity contribution in [2.75, 3.05) is 11.4 Å². The number of nitrogens with one attached hydrogen (secondary N) is 1. The molecule has 3 aromatic rings. The second-order valence-electron chi connectivity index (χ2n) is 15.7. The minimum absolute atomic E-state index is 0.00110. The summed E-state index contributed by atoms with van der Waals surface area (Å²) in [6, 6.07) is 11.4. The summed E-state index contributed by atoms with van der Waals surface area (Å²) in [5, 5.41) is 7.36. The molecule has 7 rings (SSSR count). The zero-order valence-corrected chi connectivity index (χ0v) is 29.5. The van der Waals surface area contributed by atoms with Crippen molar-refractivity contribution in [3.05, 3.63) is 60.0 Å². The van der Waals surface area contributed by atoms with Crippen molar-refractivity contribution in [3.63, 3.8) is 0 Å². The standard InChI is InChI=1S/C38H48F4N4O4/c1-24(2)48-28-9-6-25(7-10-28)29-22-27(8-11-30(29)39)46(34(47)43-26-12-14-36(5,15-13-26)49-33(40)41)23-37-16-19-38(20-17-37,21-18-37)31-44-32(50-45-31)35(3,4)42/h6-11,22,24,26,33H,12-21,23H2,1-5H3,(H,43,47). The Morgan fingerprint density at radius 2 is 1.66 bits per heavy atom. The predicted octanol–water partition coefficient (Wildman–Crippen LogP) is 9.62. The Kier molecular flexibility index (Phi) is 9.98. The highest BCUT2D eigenvalue weighted by Gasteiger charge is 2.53. The third-order valence-electron chi connectivity index (χ3n) is 11.1. The Balaban J connectivity index is 1.24. The van der Waals surface area contributed by atoms with Crippen LogP contribution in [0, 0.1) is 11.2 Å². The normalized spacial score (nSPS) is 26.7. The van der Waals surface area contributed by atoms with E-state index in [9.17, 15) is 18.0 Å². The molecule has 4 saturated carbocycles. The van der Waals surface area contributed by atoms with Gasteiger partial charge in [-0.05, 0) is 140 Å². The number of carbonyl (C=O) groups is 1. The Labute approximate surface area is 291 Å². The number of hydrogen-bond donors (Lipinski definition) is 1. The fourth-order valence-corrected chi connectivity index (χ4v) is 7.98. The first-order valence-electron chi connectivity index (χ1n) is 17.7. The maximum Gasteiger partial charge on any atom is 0.345 e. The van der Waals surface area contributed by atoms with Crippen molar-refractivity contribution in [1.82, 2.24) is 15.5 Å². The lowest BCUT2D eigenvalue weighted by atomic mass is 9.53. The maximum atomic E-state index is 15.4. The van der Waals surface area contributed by atoms with Crippen molar-refractivity contribution < 1.29 is 36.4 Å². The van der Waals surface area contributed by atoms with Gasteiger partial charge in [0.2, 0.25) is 0 Å². The average Bonchev–Trinajstić information content (AvgIpc) is 3.59. The van der Waals surface area contributed by atoms with Crippen LogP contribution in [0.5, 0.6) is 5.75 Å². The van der Waals surface area contributed by atoms with Crippen LogP contribution in [0.1, 0.15) is 111 Å². The average molecular weight is 701 g/mol. The molecule has 272 valence electrons. The Hall–Kier alpha value is -3.67. The van der Waals surface area contributed by atoms with E-state index in [1.165, 1.54) is 19.9 Å². The van der Waals surface area contributed by atoms with E-state index in [-0.39, 0.29) is 34.9 Å². The molecule has 2 aromatic carbocycles. The van der Waals surface area contributed by atoms with Gasteiger partial charge in [-0.3, -0.25) is 4.90 Å². The van der Waals surface area contributed by atoms with Crippen LogP contribution < -0.4 is 15.0 Å². The number of halogens is 4. The third-order valence-corrected chi connectivity index (χ3v) is 11.1. The van der Waals surface area contributed by atoms with Gasteiger partial charge in [-0.2, -0.15) is 13.8 Å². The Morgan fingerprint density at radius 3 is 2.22 bits per heavy atom. The van der Waals surface area contributed by atoms with Crippen molar-refractivity contribution in [2.24, 2.45) is 5.41 Å². The fraction of sp³-hybridized carbons (Fsp3) is 0.605. The van der Waals surface area contributed by atoms with Crippen LogP contribution in [-0.2, 0) is 15.8 Å². The molecule has 0 radical (unpaired) electrons. The number of aromatic nitrogens is 2. The van der Waals surface area contributed by atoms with Crippen LogP contribution in [0.3, 0.4) is 0 Å². The first-order valence-corrected chi connectivity index (χ1v) is 17.7. The van der Waals surface area contributed by atoms with Gasteiger partial charge in [-0.25, -0.2) is 13.6 Å². The summed E-state index contributed by atoms with van der Waals surface area (Å²) in [6.07, 6.45) is 6.52. The molecule has 2 bridgehead atoms. The number of anilines is 1. The van der Waals surface area contributed by atoms with Crippen molar-refractivity contribution in [1.29, 1.82) is 0 Å². The summed E-state index contributed by atoms with van der Waals surface area (Å²) >= 11 is 0. The van der Waals surface area contributed by atoms with Crippen LogP contribution >= 0.6 is 0 Å². The van der Waals surface area contributed by atoms with Gasteiger partial charge in [-0.15, -0.1) is 0 Å². The molecule has 0 aliphatic heterocycles. The molecule has 4 aliphatic rings. The smallest absolute Gasteiger partial charge is 0.345 e. The molecule has 50 heavy (non-hydrogen) atoms. The summed E-state index contributed by atoms with van der Waals surface area (Å²) in [4.78, 5) is 20.4. The number of amides is 2. The molecule has 1 N–H and O–H groups in total. The van der Waals surface area contributed by atoms with Crippen molar-refractivity contribution in [3.8, 4) is 16.9 Å². The number of alkyl halides is 3. The van der Waals surface area contributed by atoms with Crippen LogP contribution in [0.25, 0.3) is 11.1 Å². The molecule has 4 aliphatic carbocycles. The second kappa shape index (κ2) is 13.8. The number of nitrogens with zero attached hydrogens (tertiary/aromatic N) is 3. The molecule has 0 spiro atoms. The van der Waals surface area contributed by atoms with E-state index < -0.39 is 23.7 Å². The molecule has 1 aromatic heterocycles. The summed E-state index contributed by atoms with van der Waals surface area (Å²) in [7, 11) is 0.